The molecular weight excluding hydrogens is 198 g/mol. The van der Waals surface area contributed by atoms with Crippen LogP contribution in [0.3, 0.4) is 0 Å². The summed E-state index contributed by atoms with van der Waals surface area (Å²) >= 11 is 0. The number of nitrogens with zero attached hydrogens (tertiary/aromatic N) is 1. The Labute approximate surface area is 96.3 Å². The minimum atomic E-state index is 0.108. The highest BCUT2D eigenvalue weighted by atomic mass is 16.2. The average molecular weight is 213 g/mol. The first-order valence-corrected chi connectivity index (χ1v) is 5.67. The van der Waals surface area contributed by atoms with Gasteiger partial charge in [0.15, 0.2) is 0 Å². The molecule has 1 saturated heterocycles. The molecule has 1 aromatic rings. The van der Waals surface area contributed by atoms with Crippen molar-refractivity contribution in [2.24, 2.45) is 0 Å². The molecule has 0 radical (unpaired) electrons. The van der Waals surface area contributed by atoms with Crippen molar-refractivity contribution in [2.75, 3.05) is 13.1 Å². The van der Waals surface area contributed by atoms with E-state index in [0.717, 1.165) is 31.5 Å². The maximum atomic E-state index is 12.1. The highest BCUT2D eigenvalue weighted by Gasteiger charge is 2.17. The zero-order valence-electron chi connectivity index (χ0n) is 9.28. The Bertz CT molecular complexity index is 425. The van der Waals surface area contributed by atoms with Crippen molar-refractivity contribution in [1.82, 2.24) is 4.90 Å². The molecule has 0 unspecified atom stereocenters. The summed E-state index contributed by atoms with van der Waals surface area (Å²) in [7, 11) is 0. The number of hydrogen-bond donors (Lipinski definition) is 0. The number of amides is 1. The zero-order valence-corrected chi connectivity index (χ0v) is 9.28. The first kappa shape index (κ1) is 10.8. The van der Waals surface area contributed by atoms with Crippen LogP contribution < -0.4 is 0 Å². The van der Waals surface area contributed by atoms with Crippen molar-refractivity contribution < 1.29 is 4.79 Å². The number of carbonyl (C=O) groups is 1. The van der Waals surface area contributed by atoms with Crippen LogP contribution in [0.15, 0.2) is 24.3 Å². The summed E-state index contributed by atoms with van der Waals surface area (Å²) in [6.45, 7) is 1.75. The molecule has 2 rings (SSSR count). The molecule has 1 aromatic carbocycles. The van der Waals surface area contributed by atoms with Gasteiger partial charge in [-0.25, -0.2) is 0 Å². The molecule has 1 aliphatic heterocycles. The van der Waals surface area contributed by atoms with Crippen LogP contribution in [0.5, 0.6) is 0 Å². The van der Waals surface area contributed by atoms with E-state index in [1.54, 1.807) is 6.07 Å². The van der Waals surface area contributed by atoms with Gasteiger partial charge in [0, 0.05) is 24.2 Å². The van der Waals surface area contributed by atoms with E-state index < -0.39 is 0 Å². The third kappa shape index (κ3) is 2.25. The van der Waals surface area contributed by atoms with E-state index in [0.29, 0.717) is 5.56 Å². The Morgan fingerprint density at radius 1 is 1.25 bits per heavy atom. The monoisotopic (exact) mass is 213 g/mol. The predicted octanol–water partition coefficient (Wildman–Crippen LogP) is 2.29. The lowest BCUT2D eigenvalue weighted by molar-refractivity contribution is 0.0724. The third-order valence-corrected chi connectivity index (χ3v) is 2.92. The zero-order chi connectivity index (χ0) is 11.4. The molecular formula is C14H15NO. The molecule has 0 N–H and O–H groups in total. The second-order valence-corrected chi connectivity index (χ2v) is 4.08. The van der Waals surface area contributed by atoms with Crippen LogP contribution in [0, 0.1) is 12.3 Å². The van der Waals surface area contributed by atoms with E-state index in [1.165, 1.54) is 6.42 Å². The smallest absolute Gasteiger partial charge is 0.253 e. The van der Waals surface area contributed by atoms with E-state index in [4.69, 9.17) is 6.42 Å². The third-order valence-electron chi connectivity index (χ3n) is 2.92. The summed E-state index contributed by atoms with van der Waals surface area (Å²) in [5.74, 6) is 2.66. The Morgan fingerprint density at radius 3 is 2.69 bits per heavy atom. The van der Waals surface area contributed by atoms with Gasteiger partial charge in [0.05, 0.1) is 0 Å². The van der Waals surface area contributed by atoms with Gasteiger partial charge in [-0.3, -0.25) is 4.79 Å². The second-order valence-electron chi connectivity index (χ2n) is 4.08. The Morgan fingerprint density at radius 2 is 2.00 bits per heavy atom. The summed E-state index contributed by atoms with van der Waals surface area (Å²) < 4.78 is 0. The molecule has 0 spiro atoms. The number of hydrogen-bond acceptors (Lipinski definition) is 1. The minimum absolute atomic E-state index is 0.108. The van der Waals surface area contributed by atoms with Gasteiger partial charge in [-0.15, -0.1) is 6.42 Å². The van der Waals surface area contributed by atoms with E-state index in [2.05, 4.69) is 5.92 Å². The van der Waals surface area contributed by atoms with E-state index >= 15 is 0 Å². The minimum Gasteiger partial charge on any atom is -0.339 e. The summed E-state index contributed by atoms with van der Waals surface area (Å²) in [4.78, 5) is 14.0. The van der Waals surface area contributed by atoms with Crippen LogP contribution in [0.25, 0.3) is 0 Å². The Hall–Kier alpha value is -1.75. The van der Waals surface area contributed by atoms with Gasteiger partial charge >= 0.3 is 0 Å². The lowest BCUT2D eigenvalue weighted by atomic mass is 10.1. The molecule has 2 heteroatoms. The molecule has 1 aliphatic rings. The van der Waals surface area contributed by atoms with Crippen LogP contribution in [-0.4, -0.2) is 23.9 Å². The van der Waals surface area contributed by atoms with Gasteiger partial charge in [0.1, 0.15) is 0 Å². The maximum absolute atomic E-state index is 12.1. The van der Waals surface area contributed by atoms with Gasteiger partial charge in [-0.1, -0.05) is 12.0 Å². The molecule has 1 heterocycles. The van der Waals surface area contributed by atoms with Gasteiger partial charge in [0.25, 0.3) is 5.91 Å². The molecule has 0 aromatic heterocycles. The summed E-state index contributed by atoms with van der Waals surface area (Å²) in [5.41, 5.74) is 1.47. The summed E-state index contributed by atoms with van der Waals surface area (Å²) in [6, 6.07) is 7.30. The van der Waals surface area contributed by atoms with E-state index in [1.807, 2.05) is 23.1 Å². The summed E-state index contributed by atoms with van der Waals surface area (Å²) in [6.07, 6.45) is 8.78. The lowest BCUT2D eigenvalue weighted by Gasteiger charge is -2.26. The molecule has 16 heavy (non-hydrogen) atoms. The van der Waals surface area contributed by atoms with Crippen molar-refractivity contribution in [3.05, 3.63) is 35.4 Å². The molecule has 1 fully saturated rings. The fourth-order valence-corrected chi connectivity index (χ4v) is 2.02. The van der Waals surface area contributed by atoms with Gasteiger partial charge in [-0.05, 0) is 37.5 Å². The first-order valence-electron chi connectivity index (χ1n) is 5.67. The SMILES string of the molecule is C#Cc1cccc(C(=O)N2CCCCC2)c1. The fourth-order valence-electron chi connectivity index (χ4n) is 2.02. The summed E-state index contributed by atoms with van der Waals surface area (Å²) in [5, 5.41) is 0. The van der Waals surface area contributed by atoms with Crippen molar-refractivity contribution in [3.63, 3.8) is 0 Å². The Kier molecular flexibility index (Phi) is 3.26. The van der Waals surface area contributed by atoms with Crippen LogP contribution >= 0.6 is 0 Å². The maximum Gasteiger partial charge on any atom is 0.253 e. The molecule has 82 valence electrons. The molecule has 0 bridgehead atoms. The van der Waals surface area contributed by atoms with Gasteiger partial charge in [-0.2, -0.15) is 0 Å². The highest BCUT2D eigenvalue weighted by Crippen LogP contribution is 2.13. The quantitative estimate of drug-likeness (QED) is 0.655. The van der Waals surface area contributed by atoms with E-state index in [-0.39, 0.29) is 5.91 Å². The number of piperidine rings is 1. The lowest BCUT2D eigenvalue weighted by Crippen LogP contribution is -2.35. The number of carbonyl (C=O) groups excluding carboxylic acids is 1. The molecule has 0 saturated carbocycles. The number of likely N-dealkylation sites (tertiary alicyclic amines) is 1. The standard InChI is InChI=1S/C14H15NO/c1-2-12-7-6-8-13(11-12)14(16)15-9-4-3-5-10-15/h1,6-8,11H,3-5,9-10H2. The molecule has 0 aliphatic carbocycles. The van der Waals surface area contributed by atoms with Crippen LogP contribution in [0.4, 0.5) is 0 Å². The Balaban J connectivity index is 2.16. The van der Waals surface area contributed by atoms with Gasteiger partial charge in [0.2, 0.25) is 0 Å². The molecule has 0 atom stereocenters. The number of rotatable bonds is 1. The second kappa shape index (κ2) is 4.85. The van der Waals surface area contributed by atoms with Crippen molar-refractivity contribution in [2.45, 2.75) is 19.3 Å². The van der Waals surface area contributed by atoms with Crippen molar-refractivity contribution >= 4 is 5.91 Å². The number of benzene rings is 1. The van der Waals surface area contributed by atoms with E-state index in [9.17, 15) is 4.79 Å². The average Bonchev–Trinajstić information content (AvgIpc) is 2.39. The predicted molar refractivity (Wildman–Crippen MR) is 64.1 cm³/mol. The van der Waals surface area contributed by atoms with Crippen molar-refractivity contribution in [3.8, 4) is 12.3 Å². The molecule has 2 nitrogen and oxygen atoms in total. The van der Waals surface area contributed by atoms with Crippen molar-refractivity contribution in [1.29, 1.82) is 0 Å². The normalized spacial score (nSPS) is 15.6. The highest BCUT2D eigenvalue weighted by molar-refractivity contribution is 5.94. The first-order chi connectivity index (χ1) is 7.81. The van der Waals surface area contributed by atoms with Crippen LogP contribution in [-0.2, 0) is 0 Å². The number of terminal acetylenes is 1. The van der Waals surface area contributed by atoms with Gasteiger partial charge < -0.3 is 4.90 Å². The largest absolute Gasteiger partial charge is 0.339 e. The van der Waals surface area contributed by atoms with Crippen LogP contribution in [0.1, 0.15) is 35.2 Å². The molecule has 1 amide bonds. The topological polar surface area (TPSA) is 20.3 Å². The fraction of sp³-hybridized carbons (Fsp3) is 0.357. The van der Waals surface area contributed by atoms with Crippen LogP contribution in [0.2, 0.25) is 0 Å².